The first-order valence-electron chi connectivity index (χ1n) is 9.16. The Balaban J connectivity index is 1.59. The molecule has 0 spiro atoms. The first-order chi connectivity index (χ1) is 15.1. The van der Waals surface area contributed by atoms with E-state index >= 15 is 0 Å². The number of rotatable bonds is 6. The van der Waals surface area contributed by atoms with Crippen molar-refractivity contribution in [3.63, 3.8) is 0 Å². The molecule has 4 rings (SSSR count). The maximum atomic E-state index is 12.4. The lowest BCUT2D eigenvalue weighted by atomic mass is 10.0. The molecular formula is C23H15N3O5. The lowest BCUT2D eigenvalue weighted by molar-refractivity contribution is -0.384. The molecule has 1 heterocycles. The van der Waals surface area contributed by atoms with Gasteiger partial charge < -0.3 is 9.15 Å². The molecule has 8 nitrogen and oxygen atoms in total. The smallest absolute Gasteiger partial charge is 0.307 e. The standard InChI is InChI=1S/C23H15N3O5/c1-2-11-30-21-9-7-15-5-3-4-6-18(15)19(21)14-24-25-23(27)22-13-16-12-17(26(28)29)8-10-20(16)31-22/h1,3-10,12-14H,11H2,(H,25,27)/b24-14-. The molecule has 0 fully saturated rings. The second-order valence-electron chi connectivity index (χ2n) is 6.48. The van der Waals surface area contributed by atoms with Crippen LogP contribution in [0.5, 0.6) is 5.75 Å². The van der Waals surface area contributed by atoms with E-state index in [1.54, 1.807) is 6.07 Å². The maximum absolute atomic E-state index is 12.4. The summed E-state index contributed by atoms with van der Waals surface area (Å²) in [5.74, 6) is 2.34. The van der Waals surface area contributed by atoms with Crippen molar-refractivity contribution in [3.8, 4) is 18.1 Å². The largest absolute Gasteiger partial charge is 0.480 e. The molecule has 0 aliphatic rings. The number of fused-ring (bicyclic) bond motifs is 2. The predicted molar refractivity (Wildman–Crippen MR) is 116 cm³/mol. The Morgan fingerprint density at radius 2 is 2.03 bits per heavy atom. The van der Waals surface area contributed by atoms with Crippen molar-refractivity contribution in [1.29, 1.82) is 0 Å². The molecular weight excluding hydrogens is 398 g/mol. The topological polar surface area (TPSA) is 107 Å². The summed E-state index contributed by atoms with van der Waals surface area (Å²) in [5.41, 5.74) is 3.33. The van der Waals surface area contributed by atoms with Gasteiger partial charge in [-0.1, -0.05) is 36.3 Å². The Bertz CT molecular complexity index is 1380. The Morgan fingerprint density at radius 1 is 1.19 bits per heavy atom. The van der Waals surface area contributed by atoms with Crippen LogP contribution in [0, 0.1) is 22.5 Å². The van der Waals surface area contributed by atoms with E-state index in [0.29, 0.717) is 22.3 Å². The maximum Gasteiger partial charge on any atom is 0.307 e. The summed E-state index contributed by atoms with van der Waals surface area (Å²) >= 11 is 0. The predicted octanol–water partition coefficient (Wildman–Crippen LogP) is 4.27. The molecule has 1 aromatic heterocycles. The number of non-ortho nitro benzene ring substituents is 1. The van der Waals surface area contributed by atoms with E-state index in [4.69, 9.17) is 15.6 Å². The van der Waals surface area contributed by atoms with Gasteiger partial charge in [0.2, 0.25) is 0 Å². The fraction of sp³-hybridized carbons (Fsp3) is 0.0435. The van der Waals surface area contributed by atoms with E-state index in [1.165, 1.54) is 30.5 Å². The Morgan fingerprint density at radius 3 is 2.84 bits per heavy atom. The van der Waals surface area contributed by atoms with Crippen LogP contribution >= 0.6 is 0 Å². The molecule has 0 radical (unpaired) electrons. The van der Waals surface area contributed by atoms with E-state index in [-0.39, 0.29) is 18.1 Å². The molecule has 0 aliphatic heterocycles. The van der Waals surface area contributed by atoms with Crippen molar-refractivity contribution < 1.29 is 18.9 Å². The van der Waals surface area contributed by atoms with Crippen molar-refractivity contribution in [2.75, 3.05) is 6.61 Å². The molecule has 0 atom stereocenters. The zero-order chi connectivity index (χ0) is 21.8. The quantitative estimate of drug-likeness (QED) is 0.220. The molecule has 0 saturated carbocycles. The van der Waals surface area contributed by atoms with E-state index < -0.39 is 10.8 Å². The number of furan rings is 1. The van der Waals surface area contributed by atoms with E-state index in [2.05, 4.69) is 16.4 Å². The van der Waals surface area contributed by atoms with Gasteiger partial charge in [-0.25, -0.2) is 5.43 Å². The Labute approximate surface area is 176 Å². The van der Waals surface area contributed by atoms with E-state index in [1.807, 2.05) is 30.3 Å². The number of benzene rings is 3. The molecule has 0 unspecified atom stereocenters. The highest BCUT2D eigenvalue weighted by Gasteiger charge is 2.15. The summed E-state index contributed by atoms with van der Waals surface area (Å²) in [6.45, 7) is 0.0939. The second kappa shape index (κ2) is 8.39. The van der Waals surface area contributed by atoms with E-state index in [9.17, 15) is 14.9 Å². The minimum atomic E-state index is -0.596. The number of carbonyl (C=O) groups is 1. The summed E-state index contributed by atoms with van der Waals surface area (Å²) in [5, 5.41) is 17.2. The van der Waals surface area contributed by atoms with Crippen LogP contribution in [0.3, 0.4) is 0 Å². The van der Waals surface area contributed by atoms with Gasteiger partial charge in [0.25, 0.3) is 5.69 Å². The van der Waals surface area contributed by atoms with Crippen molar-refractivity contribution in [1.82, 2.24) is 5.43 Å². The zero-order valence-corrected chi connectivity index (χ0v) is 16.1. The van der Waals surface area contributed by atoms with Gasteiger partial charge in [-0.15, -0.1) is 6.42 Å². The Hall–Kier alpha value is -4.64. The highest BCUT2D eigenvalue weighted by molar-refractivity contribution is 6.03. The third kappa shape index (κ3) is 4.06. The summed E-state index contributed by atoms with van der Waals surface area (Å²) < 4.78 is 11.1. The average Bonchev–Trinajstić information content (AvgIpc) is 3.21. The number of nitrogens with zero attached hydrogens (tertiary/aromatic N) is 2. The normalized spacial score (nSPS) is 10.9. The number of ether oxygens (including phenoxy) is 1. The van der Waals surface area contributed by atoms with Crippen LogP contribution in [0.4, 0.5) is 5.69 Å². The van der Waals surface area contributed by atoms with Crippen molar-refractivity contribution >= 4 is 39.6 Å². The van der Waals surface area contributed by atoms with Gasteiger partial charge in [0.05, 0.1) is 11.1 Å². The van der Waals surface area contributed by atoms with Crippen LogP contribution in [0.2, 0.25) is 0 Å². The number of nitrogens with one attached hydrogen (secondary N) is 1. The molecule has 0 aliphatic carbocycles. The number of amides is 1. The minimum absolute atomic E-state index is 0.0191. The van der Waals surface area contributed by atoms with Crippen LogP contribution in [-0.2, 0) is 0 Å². The number of terminal acetylenes is 1. The zero-order valence-electron chi connectivity index (χ0n) is 16.1. The highest BCUT2D eigenvalue weighted by Crippen LogP contribution is 2.27. The molecule has 0 saturated heterocycles. The fourth-order valence-corrected chi connectivity index (χ4v) is 3.12. The lowest BCUT2D eigenvalue weighted by Gasteiger charge is -2.09. The van der Waals surface area contributed by atoms with Gasteiger partial charge in [-0.05, 0) is 29.0 Å². The Kier molecular flexibility index (Phi) is 5.32. The van der Waals surface area contributed by atoms with Crippen LogP contribution in [0.15, 0.2) is 70.2 Å². The van der Waals surface area contributed by atoms with Crippen LogP contribution in [0.1, 0.15) is 16.1 Å². The summed E-state index contributed by atoms with van der Waals surface area (Å²) in [4.78, 5) is 22.8. The van der Waals surface area contributed by atoms with Crippen molar-refractivity contribution in [3.05, 3.63) is 82.1 Å². The summed E-state index contributed by atoms with van der Waals surface area (Å²) in [6, 6.07) is 16.9. The first kappa shape index (κ1) is 19.7. The summed E-state index contributed by atoms with van der Waals surface area (Å²) in [7, 11) is 0. The molecule has 1 amide bonds. The van der Waals surface area contributed by atoms with Gasteiger partial charge in [-0.3, -0.25) is 14.9 Å². The number of hydrogen-bond acceptors (Lipinski definition) is 6. The van der Waals surface area contributed by atoms with Gasteiger partial charge >= 0.3 is 5.91 Å². The van der Waals surface area contributed by atoms with Crippen molar-refractivity contribution in [2.24, 2.45) is 5.10 Å². The highest BCUT2D eigenvalue weighted by atomic mass is 16.6. The minimum Gasteiger partial charge on any atom is -0.480 e. The number of carbonyl (C=O) groups excluding carboxylic acids is 1. The molecule has 3 aromatic carbocycles. The first-order valence-corrected chi connectivity index (χ1v) is 9.16. The van der Waals surface area contributed by atoms with Gasteiger partial charge in [0, 0.05) is 23.1 Å². The average molecular weight is 413 g/mol. The van der Waals surface area contributed by atoms with Crippen LogP contribution in [-0.4, -0.2) is 23.7 Å². The van der Waals surface area contributed by atoms with Crippen LogP contribution in [0.25, 0.3) is 21.7 Å². The number of hydrogen-bond donors (Lipinski definition) is 1. The third-order valence-electron chi connectivity index (χ3n) is 4.54. The van der Waals surface area contributed by atoms with Gasteiger partial charge in [-0.2, -0.15) is 5.10 Å². The van der Waals surface area contributed by atoms with Gasteiger partial charge in [0.15, 0.2) is 5.76 Å². The molecule has 152 valence electrons. The van der Waals surface area contributed by atoms with Crippen molar-refractivity contribution in [2.45, 2.75) is 0 Å². The number of nitro groups is 1. The molecule has 31 heavy (non-hydrogen) atoms. The fourth-order valence-electron chi connectivity index (χ4n) is 3.12. The van der Waals surface area contributed by atoms with E-state index in [0.717, 1.165) is 10.8 Å². The number of hydrazone groups is 1. The summed E-state index contributed by atoms with van der Waals surface area (Å²) in [6.07, 6.45) is 6.76. The second-order valence-corrected chi connectivity index (χ2v) is 6.48. The molecule has 1 N–H and O–H groups in total. The molecule has 8 heteroatoms. The molecule has 0 bridgehead atoms. The molecule has 4 aromatic rings. The SMILES string of the molecule is C#CCOc1ccc2ccccc2c1/C=N\NC(=O)c1cc2cc([N+](=O)[O-])ccc2o1. The number of nitro benzene ring substituents is 1. The lowest BCUT2D eigenvalue weighted by Crippen LogP contribution is -2.16. The van der Waals surface area contributed by atoms with Gasteiger partial charge in [0.1, 0.15) is 17.9 Å². The monoisotopic (exact) mass is 413 g/mol. The third-order valence-corrected chi connectivity index (χ3v) is 4.54. The van der Waals surface area contributed by atoms with Crippen LogP contribution < -0.4 is 10.2 Å².